The van der Waals surface area contributed by atoms with E-state index in [9.17, 15) is 19.2 Å². The van der Waals surface area contributed by atoms with Crippen LogP contribution in [-0.4, -0.2) is 48.3 Å². The zero-order valence-electron chi connectivity index (χ0n) is 13.0. The third-order valence-electron chi connectivity index (χ3n) is 3.14. The predicted molar refractivity (Wildman–Crippen MR) is 80.9 cm³/mol. The maximum atomic E-state index is 12.3. The fraction of sp³-hybridized carbons (Fsp3) is 0.333. The summed E-state index contributed by atoms with van der Waals surface area (Å²) < 4.78 is 5.00. The molecule has 0 spiro atoms. The first-order chi connectivity index (χ1) is 10.8. The molecular weight excluding hydrogens is 302 g/mol. The van der Waals surface area contributed by atoms with Crippen molar-refractivity contribution in [1.82, 2.24) is 10.2 Å². The monoisotopic (exact) mass is 319 g/mol. The van der Waals surface area contributed by atoms with Gasteiger partial charge in [-0.15, -0.1) is 0 Å². The van der Waals surface area contributed by atoms with Gasteiger partial charge in [0.1, 0.15) is 12.3 Å². The number of nitrogens with zero attached hydrogens (tertiary/aromatic N) is 2. The van der Waals surface area contributed by atoms with E-state index in [1.54, 1.807) is 26.0 Å². The Morgan fingerprint density at radius 3 is 2.26 bits per heavy atom. The Bertz CT molecular complexity index is 654. The molecule has 1 heterocycles. The molecule has 0 unspecified atom stereocenters. The zero-order valence-corrected chi connectivity index (χ0v) is 13.0. The molecular formula is C15H17N3O5. The van der Waals surface area contributed by atoms with Crippen molar-refractivity contribution in [3.05, 3.63) is 24.3 Å². The molecule has 1 N–H and O–H groups in total. The van der Waals surface area contributed by atoms with Crippen molar-refractivity contribution in [2.24, 2.45) is 0 Å². The molecule has 0 aliphatic carbocycles. The number of methoxy groups -OCH3 is 1. The Hall–Kier alpha value is -2.90. The number of imide groups is 2. The number of urea groups is 1. The van der Waals surface area contributed by atoms with Gasteiger partial charge in [-0.05, 0) is 38.1 Å². The van der Waals surface area contributed by atoms with Gasteiger partial charge in [0.2, 0.25) is 5.91 Å². The van der Waals surface area contributed by atoms with Crippen molar-refractivity contribution in [1.29, 1.82) is 0 Å². The van der Waals surface area contributed by atoms with Crippen molar-refractivity contribution in [3.63, 3.8) is 0 Å². The molecule has 8 nitrogen and oxygen atoms in total. The summed E-state index contributed by atoms with van der Waals surface area (Å²) in [6, 6.07) is 5.12. The normalized spacial score (nSPS) is 14.7. The van der Waals surface area contributed by atoms with Crippen LogP contribution in [0.15, 0.2) is 24.3 Å². The van der Waals surface area contributed by atoms with Crippen molar-refractivity contribution >= 4 is 29.4 Å². The molecule has 0 radical (unpaired) electrons. The largest absolute Gasteiger partial charge is 0.497 e. The van der Waals surface area contributed by atoms with Gasteiger partial charge in [-0.3, -0.25) is 14.4 Å². The number of benzene rings is 1. The summed E-state index contributed by atoms with van der Waals surface area (Å²) in [6.45, 7) is 3.01. The molecule has 1 aromatic carbocycles. The molecule has 1 aromatic rings. The molecule has 122 valence electrons. The maximum absolute atomic E-state index is 12.3. The van der Waals surface area contributed by atoms with Gasteiger partial charge >= 0.3 is 17.8 Å². The van der Waals surface area contributed by atoms with E-state index in [1.165, 1.54) is 19.2 Å². The molecule has 0 saturated carbocycles. The third kappa shape index (κ3) is 3.31. The molecule has 1 fully saturated rings. The fourth-order valence-corrected chi connectivity index (χ4v) is 2.12. The maximum Gasteiger partial charge on any atom is 0.339 e. The lowest BCUT2D eigenvalue weighted by atomic mass is 10.3. The number of amides is 5. The summed E-state index contributed by atoms with van der Waals surface area (Å²) in [7, 11) is 1.49. The molecule has 2 rings (SSSR count). The summed E-state index contributed by atoms with van der Waals surface area (Å²) in [6.07, 6.45) is 0. The highest BCUT2D eigenvalue weighted by molar-refractivity contribution is 6.53. The summed E-state index contributed by atoms with van der Waals surface area (Å²) in [5.41, 5.74) is 0.237. The van der Waals surface area contributed by atoms with Crippen LogP contribution in [0.1, 0.15) is 13.8 Å². The molecule has 1 saturated heterocycles. The number of ether oxygens (including phenoxy) is 1. The van der Waals surface area contributed by atoms with Gasteiger partial charge in [0, 0.05) is 6.04 Å². The number of carbonyl (C=O) groups is 4. The summed E-state index contributed by atoms with van der Waals surface area (Å²) in [5.74, 6) is -1.97. The van der Waals surface area contributed by atoms with E-state index in [1.807, 2.05) is 0 Å². The Labute approximate surface area is 133 Å². The quantitative estimate of drug-likeness (QED) is 0.630. The Morgan fingerprint density at radius 1 is 1.13 bits per heavy atom. The van der Waals surface area contributed by atoms with E-state index in [0.29, 0.717) is 10.6 Å². The number of hydrogen-bond acceptors (Lipinski definition) is 5. The lowest BCUT2D eigenvalue weighted by Gasteiger charge is -2.16. The van der Waals surface area contributed by atoms with Crippen LogP contribution in [0.5, 0.6) is 5.75 Å². The number of rotatable bonds is 5. The SMILES string of the molecule is COc1ccc(N2C(=O)C(=O)N(CC(=O)NC(C)C)C2=O)cc1. The fourth-order valence-electron chi connectivity index (χ4n) is 2.12. The first-order valence-corrected chi connectivity index (χ1v) is 6.98. The van der Waals surface area contributed by atoms with Crippen LogP contribution < -0.4 is 15.0 Å². The van der Waals surface area contributed by atoms with Gasteiger partial charge in [0.15, 0.2) is 0 Å². The highest BCUT2D eigenvalue weighted by Gasteiger charge is 2.46. The molecule has 0 bridgehead atoms. The van der Waals surface area contributed by atoms with Gasteiger partial charge in [0.05, 0.1) is 12.8 Å². The minimum Gasteiger partial charge on any atom is -0.497 e. The Kier molecular flexibility index (Phi) is 4.63. The van der Waals surface area contributed by atoms with Gasteiger partial charge in [-0.2, -0.15) is 0 Å². The highest BCUT2D eigenvalue weighted by atomic mass is 16.5. The highest BCUT2D eigenvalue weighted by Crippen LogP contribution is 2.24. The van der Waals surface area contributed by atoms with Crippen LogP contribution >= 0.6 is 0 Å². The predicted octanol–water partition coefficient (Wildman–Crippen LogP) is 0.515. The zero-order chi connectivity index (χ0) is 17.1. The van der Waals surface area contributed by atoms with Crippen LogP contribution in [0.2, 0.25) is 0 Å². The molecule has 5 amide bonds. The average molecular weight is 319 g/mol. The number of nitrogens with one attached hydrogen (secondary N) is 1. The van der Waals surface area contributed by atoms with Crippen molar-refractivity contribution in [2.75, 3.05) is 18.6 Å². The van der Waals surface area contributed by atoms with Crippen LogP contribution in [0.4, 0.5) is 10.5 Å². The standard InChI is InChI=1S/C15H17N3O5/c1-9(2)16-12(19)8-17-13(20)14(21)18(15(17)22)10-4-6-11(23-3)7-5-10/h4-7,9H,8H2,1-3H3,(H,16,19). The van der Waals surface area contributed by atoms with Crippen LogP contribution in [0, 0.1) is 0 Å². The smallest absolute Gasteiger partial charge is 0.339 e. The Balaban J connectivity index is 2.20. The number of carbonyl (C=O) groups excluding carboxylic acids is 4. The van der Waals surface area contributed by atoms with Gasteiger partial charge in [0.25, 0.3) is 0 Å². The van der Waals surface area contributed by atoms with Crippen molar-refractivity contribution in [2.45, 2.75) is 19.9 Å². The summed E-state index contributed by atoms with van der Waals surface area (Å²) >= 11 is 0. The molecule has 0 atom stereocenters. The second-order valence-corrected chi connectivity index (χ2v) is 5.23. The summed E-state index contributed by atoms with van der Waals surface area (Å²) in [4.78, 5) is 49.4. The first kappa shape index (κ1) is 16.5. The van der Waals surface area contributed by atoms with Gasteiger partial charge in [-0.25, -0.2) is 14.6 Å². The molecule has 23 heavy (non-hydrogen) atoms. The third-order valence-corrected chi connectivity index (χ3v) is 3.14. The van der Waals surface area contributed by atoms with E-state index in [4.69, 9.17) is 4.74 Å². The number of anilines is 1. The van der Waals surface area contributed by atoms with Crippen LogP contribution in [0.3, 0.4) is 0 Å². The lowest BCUT2D eigenvalue weighted by molar-refractivity contribution is -0.140. The summed E-state index contributed by atoms with van der Waals surface area (Å²) in [5, 5.41) is 2.56. The van der Waals surface area contributed by atoms with E-state index in [2.05, 4.69) is 5.32 Å². The van der Waals surface area contributed by atoms with Crippen molar-refractivity contribution in [3.8, 4) is 5.75 Å². The molecule has 8 heteroatoms. The van der Waals surface area contributed by atoms with Crippen LogP contribution in [-0.2, 0) is 14.4 Å². The van der Waals surface area contributed by atoms with E-state index < -0.39 is 30.3 Å². The second kappa shape index (κ2) is 6.47. The molecule has 1 aliphatic heterocycles. The minimum absolute atomic E-state index is 0.135. The molecule has 0 aromatic heterocycles. The van der Waals surface area contributed by atoms with E-state index in [-0.39, 0.29) is 11.7 Å². The first-order valence-electron chi connectivity index (χ1n) is 6.98. The molecule has 1 aliphatic rings. The lowest BCUT2D eigenvalue weighted by Crippen LogP contribution is -2.43. The minimum atomic E-state index is -1.02. The Morgan fingerprint density at radius 2 is 1.74 bits per heavy atom. The topological polar surface area (TPSA) is 96.0 Å². The number of hydrogen-bond donors (Lipinski definition) is 1. The van der Waals surface area contributed by atoms with E-state index in [0.717, 1.165) is 4.90 Å². The average Bonchev–Trinajstić information content (AvgIpc) is 2.70. The second-order valence-electron chi connectivity index (χ2n) is 5.23. The van der Waals surface area contributed by atoms with Crippen LogP contribution in [0.25, 0.3) is 0 Å². The van der Waals surface area contributed by atoms with E-state index >= 15 is 0 Å². The van der Waals surface area contributed by atoms with Gasteiger partial charge < -0.3 is 10.1 Å². The van der Waals surface area contributed by atoms with Crippen molar-refractivity contribution < 1.29 is 23.9 Å². The van der Waals surface area contributed by atoms with Gasteiger partial charge in [-0.1, -0.05) is 0 Å².